The second kappa shape index (κ2) is 4.82. The van der Waals surface area contributed by atoms with E-state index in [1.165, 1.54) is 9.26 Å². The first-order chi connectivity index (χ1) is 7.16. The molecule has 0 unspecified atom stereocenters. The smallest absolute Gasteiger partial charge is 0.136 e. The normalized spacial score (nSPS) is 16.9. The molecule has 0 amide bonds. The number of carbonyl (C=O) groups is 1. The highest BCUT2D eigenvalue weighted by Crippen LogP contribution is 2.29. The SMILES string of the molecule is O=C1CCN(c2ccc(I)cc2Br)CC1. The van der Waals surface area contributed by atoms with Crippen LogP contribution in [-0.2, 0) is 4.79 Å². The number of ketones is 1. The van der Waals surface area contributed by atoms with E-state index in [1.807, 2.05) is 0 Å². The van der Waals surface area contributed by atoms with E-state index in [2.05, 4.69) is 61.6 Å². The van der Waals surface area contributed by atoms with Crippen molar-refractivity contribution in [2.24, 2.45) is 0 Å². The predicted octanol–water partition coefficient (Wildman–Crippen LogP) is 3.22. The lowest BCUT2D eigenvalue weighted by Crippen LogP contribution is -2.33. The number of nitrogens with zero attached hydrogens (tertiary/aromatic N) is 1. The van der Waals surface area contributed by atoms with Gasteiger partial charge in [-0.05, 0) is 56.7 Å². The van der Waals surface area contributed by atoms with Crippen LogP contribution in [0.4, 0.5) is 5.69 Å². The molecule has 1 aliphatic heterocycles. The lowest BCUT2D eigenvalue weighted by molar-refractivity contribution is -0.119. The molecule has 0 atom stereocenters. The maximum absolute atomic E-state index is 11.1. The Hall–Kier alpha value is -0.100. The molecule has 1 aromatic rings. The number of Topliss-reactive ketones (excluding diaryl/α,β-unsaturated/α-hetero) is 1. The van der Waals surface area contributed by atoms with E-state index in [0.29, 0.717) is 18.6 Å². The van der Waals surface area contributed by atoms with E-state index < -0.39 is 0 Å². The molecule has 1 heterocycles. The summed E-state index contributed by atoms with van der Waals surface area (Å²) in [5.41, 5.74) is 1.20. The molecule has 1 saturated heterocycles. The quantitative estimate of drug-likeness (QED) is 0.698. The van der Waals surface area contributed by atoms with Crippen LogP contribution in [-0.4, -0.2) is 18.9 Å². The molecule has 2 nitrogen and oxygen atoms in total. The number of benzene rings is 1. The summed E-state index contributed by atoms with van der Waals surface area (Å²) in [6, 6.07) is 6.31. The van der Waals surface area contributed by atoms with E-state index in [1.54, 1.807) is 0 Å². The molecule has 1 aliphatic rings. The summed E-state index contributed by atoms with van der Waals surface area (Å²) in [5, 5.41) is 0. The van der Waals surface area contributed by atoms with Crippen molar-refractivity contribution in [1.82, 2.24) is 0 Å². The highest BCUT2D eigenvalue weighted by atomic mass is 127. The minimum atomic E-state index is 0.382. The van der Waals surface area contributed by atoms with Crippen LogP contribution in [0.25, 0.3) is 0 Å². The van der Waals surface area contributed by atoms with Gasteiger partial charge in [0.1, 0.15) is 5.78 Å². The van der Waals surface area contributed by atoms with E-state index in [9.17, 15) is 4.79 Å². The fourth-order valence-electron chi connectivity index (χ4n) is 1.73. The molecule has 0 saturated carbocycles. The van der Waals surface area contributed by atoms with Gasteiger partial charge < -0.3 is 4.90 Å². The van der Waals surface area contributed by atoms with Crippen LogP contribution in [0.1, 0.15) is 12.8 Å². The lowest BCUT2D eigenvalue weighted by atomic mass is 10.1. The van der Waals surface area contributed by atoms with Gasteiger partial charge in [-0.2, -0.15) is 0 Å². The molecular weight excluding hydrogens is 369 g/mol. The Labute approximate surface area is 111 Å². The second-order valence-corrected chi connectivity index (χ2v) is 5.72. The van der Waals surface area contributed by atoms with Gasteiger partial charge >= 0.3 is 0 Å². The number of hydrogen-bond donors (Lipinski definition) is 0. The molecule has 0 radical (unpaired) electrons. The first-order valence-electron chi connectivity index (χ1n) is 4.88. The molecule has 15 heavy (non-hydrogen) atoms. The zero-order valence-electron chi connectivity index (χ0n) is 8.17. The predicted molar refractivity (Wildman–Crippen MR) is 73.3 cm³/mol. The van der Waals surface area contributed by atoms with Crippen LogP contribution in [0.15, 0.2) is 22.7 Å². The monoisotopic (exact) mass is 379 g/mol. The number of piperidine rings is 1. The van der Waals surface area contributed by atoms with Gasteiger partial charge in [-0.3, -0.25) is 4.79 Å². The molecule has 1 fully saturated rings. The topological polar surface area (TPSA) is 20.3 Å². The fourth-order valence-corrected chi connectivity index (χ4v) is 3.28. The molecule has 0 N–H and O–H groups in total. The van der Waals surface area contributed by atoms with Crippen LogP contribution >= 0.6 is 38.5 Å². The standard InChI is InChI=1S/C11H11BrINO/c12-10-7-8(13)1-2-11(10)14-5-3-9(15)4-6-14/h1-2,7H,3-6H2. The van der Waals surface area contributed by atoms with E-state index >= 15 is 0 Å². The van der Waals surface area contributed by atoms with E-state index in [4.69, 9.17) is 0 Å². The van der Waals surface area contributed by atoms with E-state index in [-0.39, 0.29) is 0 Å². The number of carbonyl (C=O) groups excluding carboxylic acids is 1. The van der Waals surface area contributed by atoms with Crippen LogP contribution in [0.2, 0.25) is 0 Å². The number of hydrogen-bond acceptors (Lipinski definition) is 2. The third-order valence-corrected chi connectivity index (χ3v) is 3.88. The van der Waals surface area contributed by atoms with Crippen molar-refractivity contribution in [2.75, 3.05) is 18.0 Å². The zero-order valence-corrected chi connectivity index (χ0v) is 11.9. The van der Waals surface area contributed by atoms with Gasteiger partial charge in [-0.25, -0.2) is 0 Å². The Morgan fingerprint density at radius 3 is 2.53 bits per heavy atom. The first-order valence-corrected chi connectivity index (χ1v) is 6.76. The van der Waals surface area contributed by atoms with Crippen molar-refractivity contribution in [1.29, 1.82) is 0 Å². The second-order valence-electron chi connectivity index (χ2n) is 3.62. The molecule has 1 aromatic carbocycles. The fraction of sp³-hybridized carbons (Fsp3) is 0.364. The van der Waals surface area contributed by atoms with Crippen molar-refractivity contribution in [3.8, 4) is 0 Å². The van der Waals surface area contributed by atoms with Gasteiger partial charge in [0.15, 0.2) is 0 Å². The zero-order chi connectivity index (χ0) is 10.8. The highest BCUT2D eigenvalue weighted by Gasteiger charge is 2.17. The van der Waals surface area contributed by atoms with Gasteiger partial charge in [-0.1, -0.05) is 0 Å². The molecule has 0 aliphatic carbocycles. The van der Waals surface area contributed by atoms with Gasteiger partial charge in [0.2, 0.25) is 0 Å². The Morgan fingerprint density at radius 2 is 1.93 bits per heavy atom. The summed E-state index contributed by atoms with van der Waals surface area (Å²) >= 11 is 5.86. The maximum atomic E-state index is 11.1. The Balaban J connectivity index is 2.19. The van der Waals surface area contributed by atoms with Crippen molar-refractivity contribution >= 4 is 50.0 Å². The minimum absolute atomic E-state index is 0.382. The van der Waals surface area contributed by atoms with Crippen molar-refractivity contribution in [2.45, 2.75) is 12.8 Å². The van der Waals surface area contributed by atoms with E-state index in [0.717, 1.165) is 17.6 Å². The molecule has 2 rings (SSSR count). The first kappa shape index (κ1) is 11.4. The third kappa shape index (κ3) is 2.72. The number of anilines is 1. The summed E-state index contributed by atoms with van der Waals surface area (Å²) in [5.74, 6) is 0.382. The average molecular weight is 380 g/mol. The van der Waals surface area contributed by atoms with Gasteiger partial charge in [-0.15, -0.1) is 0 Å². The van der Waals surface area contributed by atoms with Crippen LogP contribution < -0.4 is 4.90 Å². The van der Waals surface area contributed by atoms with Crippen molar-refractivity contribution in [3.63, 3.8) is 0 Å². The molecule has 0 spiro atoms. The van der Waals surface area contributed by atoms with Crippen molar-refractivity contribution < 1.29 is 4.79 Å². The summed E-state index contributed by atoms with van der Waals surface area (Å²) in [4.78, 5) is 13.4. The van der Waals surface area contributed by atoms with Crippen molar-refractivity contribution in [3.05, 3.63) is 26.2 Å². The highest BCUT2D eigenvalue weighted by molar-refractivity contribution is 14.1. The molecule has 0 bridgehead atoms. The molecule has 80 valence electrons. The largest absolute Gasteiger partial charge is 0.370 e. The average Bonchev–Trinajstić information content (AvgIpc) is 2.20. The van der Waals surface area contributed by atoms with Crippen LogP contribution in [0.3, 0.4) is 0 Å². The summed E-state index contributed by atoms with van der Waals surface area (Å²) < 4.78 is 2.33. The lowest BCUT2D eigenvalue weighted by Gasteiger charge is -2.29. The number of rotatable bonds is 1. The molecular formula is C11H11BrINO. The maximum Gasteiger partial charge on any atom is 0.136 e. The Kier molecular flexibility index (Phi) is 3.66. The molecule has 0 aromatic heterocycles. The van der Waals surface area contributed by atoms with Crippen LogP contribution in [0, 0.1) is 3.57 Å². The summed E-state index contributed by atoms with van der Waals surface area (Å²) in [7, 11) is 0. The van der Waals surface area contributed by atoms with Gasteiger partial charge in [0, 0.05) is 34.0 Å². The Morgan fingerprint density at radius 1 is 1.27 bits per heavy atom. The number of halogens is 2. The van der Waals surface area contributed by atoms with Crippen LogP contribution in [0.5, 0.6) is 0 Å². The van der Waals surface area contributed by atoms with Gasteiger partial charge in [0.25, 0.3) is 0 Å². The van der Waals surface area contributed by atoms with Gasteiger partial charge in [0.05, 0.1) is 5.69 Å². The summed E-state index contributed by atoms with van der Waals surface area (Å²) in [6.07, 6.45) is 1.36. The molecule has 4 heteroatoms. The minimum Gasteiger partial charge on any atom is -0.370 e. The Bertz CT molecular complexity index is 384. The summed E-state index contributed by atoms with van der Waals surface area (Å²) in [6.45, 7) is 1.69. The third-order valence-electron chi connectivity index (χ3n) is 2.57.